The first kappa shape index (κ1) is 21.4. The molecular formula is C25H25FN2O2. The van der Waals surface area contributed by atoms with Crippen LogP contribution in [0.3, 0.4) is 0 Å². The van der Waals surface area contributed by atoms with Gasteiger partial charge in [-0.3, -0.25) is 14.6 Å². The van der Waals surface area contributed by atoms with Crippen LogP contribution in [0, 0.1) is 12.7 Å². The number of rotatable bonds is 7. The minimum atomic E-state index is -0.408. The summed E-state index contributed by atoms with van der Waals surface area (Å²) in [5.41, 5.74) is 4.21. The quantitative estimate of drug-likeness (QED) is 0.497. The minimum absolute atomic E-state index is 0.0395. The molecule has 0 atom stereocenters. The van der Waals surface area contributed by atoms with Crippen molar-refractivity contribution in [2.75, 3.05) is 11.9 Å². The summed E-state index contributed by atoms with van der Waals surface area (Å²) in [5.74, 6) is -0.446. The number of aryl methyl sites for hydroxylation is 2. The number of aromatic nitrogens is 1. The van der Waals surface area contributed by atoms with Crippen LogP contribution < -0.4 is 4.90 Å². The lowest BCUT2D eigenvalue weighted by molar-refractivity contribution is -0.118. The summed E-state index contributed by atoms with van der Waals surface area (Å²) in [4.78, 5) is 30.0. The first-order valence-electron chi connectivity index (χ1n) is 10.00. The minimum Gasteiger partial charge on any atom is -0.315 e. The van der Waals surface area contributed by atoms with Gasteiger partial charge in [-0.05, 0) is 48.7 Å². The largest absolute Gasteiger partial charge is 0.315 e. The van der Waals surface area contributed by atoms with Crippen LogP contribution in [0.4, 0.5) is 10.1 Å². The van der Waals surface area contributed by atoms with E-state index >= 15 is 0 Å². The van der Waals surface area contributed by atoms with Crippen molar-refractivity contribution in [3.63, 3.8) is 0 Å². The molecule has 0 fully saturated rings. The molecule has 0 radical (unpaired) electrons. The van der Waals surface area contributed by atoms with Gasteiger partial charge in [-0.2, -0.15) is 0 Å². The first-order valence-corrected chi connectivity index (χ1v) is 10.00. The van der Waals surface area contributed by atoms with Crippen LogP contribution in [-0.4, -0.2) is 23.7 Å². The fourth-order valence-electron chi connectivity index (χ4n) is 3.21. The summed E-state index contributed by atoms with van der Waals surface area (Å²) in [6, 6.07) is 15.6. The SMILES string of the molecule is CCC(=O)N(C)c1ccc(-c2ccc(C(=O)CCc3ccc(C)nc3)cc2)c(F)c1. The second-order valence-corrected chi connectivity index (χ2v) is 7.28. The Bertz CT molecular complexity index is 1040. The summed E-state index contributed by atoms with van der Waals surface area (Å²) < 4.78 is 14.6. The highest BCUT2D eigenvalue weighted by Gasteiger charge is 2.13. The molecule has 0 N–H and O–H groups in total. The van der Waals surface area contributed by atoms with Crippen LogP contribution in [0.1, 0.15) is 41.4 Å². The van der Waals surface area contributed by atoms with Gasteiger partial charge < -0.3 is 4.90 Å². The van der Waals surface area contributed by atoms with Crippen molar-refractivity contribution in [1.82, 2.24) is 4.98 Å². The van der Waals surface area contributed by atoms with Gasteiger partial charge in [-0.25, -0.2) is 4.39 Å². The van der Waals surface area contributed by atoms with Crippen LogP contribution in [0.15, 0.2) is 60.8 Å². The lowest BCUT2D eigenvalue weighted by Gasteiger charge is -2.17. The molecule has 3 rings (SSSR count). The second kappa shape index (κ2) is 9.44. The molecule has 1 aromatic heterocycles. The van der Waals surface area contributed by atoms with Crippen LogP contribution in [-0.2, 0) is 11.2 Å². The fraction of sp³-hybridized carbons (Fsp3) is 0.240. The van der Waals surface area contributed by atoms with E-state index < -0.39 is 5.82 Å². The number of anilines is 1. The number of amides is 1. The highest BCUT2D eigenvalue weighted by molar-refractivity contribution is 5.96. The average molecular weight is 404 g/mol. The number of carbonyl (C=O) groups excluding carboxylic acids is 2. The number of Topliss-reactive ketones (excluding diaryl/α,β-unsaturated/α-hetero) is 1. The van der Waals surface area contributed by atoms with Crippen molar-refractivity contribution in [3.8, 4) is 11.1 Å². The molecule has 3 aromatic rings. The van der Waals surface area contributed by atoms with Crippen molar-refractivity contribution < 1.29 is 14.0 Å². The molecule has 1 heterocycles. The van der Waals surface area contributed by atoms with Gasteiger partial charge in [0.15, 0.2) is 5.78 Å². The van der Waals surface area contributed by atoms with E-state index in [0.29, 0.717) is 41.6 Å². The molecule has 0 aliphatic carbocycles. The van der Waals surface area contributed by atoms with Crippen LogP contribution in [0.5, 0.6) is 0 Å². The highest BCUT2D eigenvalue weighted by Crippen LogP contribution is 2.27. The number of ketones is 1. The van der Waals surface area contributed by atoms with E-state index in [1.807, 2.05) is 19.1 Å². The molecule has 0 spiro atoms. The van der Waals surface area contributed by atoms with Crippen molar-refractivity contribution in [3.05, 3.63) is 83.4 Å². The normalized spacial score (nSPS) is 10.7. The molecule has 0 saturated heterocycles. The Hall–Kier alpha value is -3.34. The van der Waals surface area contributed by atoms with Gasteiger partial charge in [0.2, 0.25) is 5.91 Å². The Kier molecular flexibility index (Phi) is 6.72. The Balaban J connectivity index is 1.69. The molecule has 0 saturated carbocycles. The summed E-state index contributed by atoms with van der Waals surface area (Å²) >= 11 is 0. The predicted molar refractivity (Wildman–Crippen MR) is 117 cm³/mol. The molecule has 4 nitrogen and oxygen atoms in total. The number of halogens is 1. The molecule has 5 heteroatoms. The van der Waals surface area contributed by atoms with Crippen molar-refractivity contribution in [1.29, 1.82) is 0 Å². The molecule has 0 aliphatic rings. The standard InChI is InChI=1S/C25H25FN2O2/c1-4-25(30)28(3)21-12-13-22(23(26)15-21)19-8-10-20(11-9-19)24(29)14-7-18-6-5-17(2)27-16-18/h5-6,8-13,15-16H,4,7,14H2,1-3H3. The molecule has 1 amide bonds. The van der Waals surface area contributed by atoms with Gasteiger partial charge in [0.05, 0.1) is 0 Å². The molecular weight excluding hydrogens is 379 g/mol. The van der Waals surface area contributed by atoms with E-state index in [4.69, 9.17) is 0 Å². The molecule has 2 aromatic carbocycles. The van der Waals surface area contributed by atoms with Crippen LogP contribution in [0.2, 0.25) is 0 Å². The molecule has 30 heavy (non-hydrogen) atoms. The number of nitrogens with zero attached hydrogens (tertiary/aromatic N) is 2. The summed E-state index contributed by atoms with van der Waals surface area (Å²) in [6.07, 6.45) is 3.18. The summed E-state index contributed by atoms with van der Waals surface area (Å²) in [5, 5.41) is 0. The molecule has 0 unspecified atom stereocenters. The van der Waals surface area contributed by atoms with Crippen molar-refractivity contribution in [2.24, 2.45) is 0 Å². The fourth-order valence-corrected chi connectivity index (χ4v) is 3.21. The summed E-state index contributed by atoms with van der Waals surface area (Å²) in [6.45, 7) is 3.69. The zero-order valence-corrected chi connectivity index (χ0v) is 17.5. The number of pyridine rings is 1. The zero-order chi connectivity index (χ0) is 21.7. The number of carbonyl (C=O) groups is 2. The first-order chi connectivity index (χ1) is 14.4. The third-order valence-corrected chi connectivity index (χ3v) is 5.15. The maximum atomic E-state index is 14.6. The molecule has 0 bridgehead atoms. The average Bonchev–Trinajstić information content (AvgIpc) is 2.77. The van der Waals surface area contributed by atoms with Gasteiger partial charge in [0.1, 0.15) is 5.82 Å². The topological polar surface area (TPSA) is 50.3 Å². The van der Waals surface area contributed by atoms with E-state index in [9.17, 15) is 14.0 Å². The number of hydrogen-bond acceptors (Lipinski definition) is 3. The Morgan fingerprint density at radius 3 is 2.37 bits per heavy atom. The van der Waals surface area contributed by atoms with E-state index in [1.165, 1.54) is 11.0 Å². The van der Waals surface area contributed by atoms with E-state index in [2.05, 4.69) is 4.98 Å². The monoisotopic (exact) mass is 404 g/mol. The molecule has 0 aliphatic heterocycles. The van der Waals surface area contributed by atoms with Gasteiger partial charge in [0, 0.05) is 48.6 Å². The van der Waals surface area contributed by atoms with Gasteiger partial charge in [0.25, 0.3) is 0 Å². The zero-order valence-electron chi connectivity index (χ0n) is 17.5. The van der Waals surface area contributed by atoms with E-state index in [0.717, 1.165) is 11.3 Å². The number of hydrogen-bond donors (Lipinski definition) is 0. The third kappa shape index (κ3) is 4.98. The van der Waals surface area contributed by atoms with Gasteiger partial charge in [-0.15, -0.1) is 0 Å². The van der Waals surface area contributed by atoms with E-state index in [-0.39, 0.29) is 11.7 Å². The predicted octanol–water partition coefficient (Wildman–Crippen LogP) is 5.38. The Morgan fingerprint density at radius 2 is 1.77 bits per heavy atom. The maximum absolute atomic E-state index is 14.6. The van der Waals surface area contributed by atoms with Gasteiger partial charge in [-0.1, -0.05) is 37.3 Å². The van der Waals surface area contributed by atoms with Crippen molar-refractivity contribution >= 4 is 17.4 Å². The maximum Gasteiger partial charge on any atom is 0.226 e. The second-order valence-electron chi connectivity index (χ2n) is 7.28. The Labute approximate surface area is 176 Å². The number of benzene rings is 2. The highest BCUT2D eigenvalue weighted by atomic mass is 19.1. The summed E-state index contributed by atoms with van der Waals surface area (Å²) in [7, 11) is 1.63. The van der Waals surface area contributed by atoms with Gasteiger partial charge >= 0.3 is 0 Å². The molecule has 154 valence electrons. The van der Waals surface area contributed by atoms with Crippen LogP contribution >= 0.6 is 0 Å². The van der Waals surface area contributed by atoms with Crippen LogP contribution in [0.25, 0.3) is 11.1 Å². The third-order valence-electron chi connectivity index (χ3n) is 5.15. The van der Waals surface area contributed by atoms with E-state index in [1.54, 1.807) is 56.6 Å². The smallest absolute Gasteiger partial charge is 0.226 e. The Morgan fingerprint density at radius 1 is 1.03 bits per heavy atom. The lowest BCUT2D eigenvalue weighted by atomic mass is 9.99. The lowest BCUT2D eigenvalue weighted by Crippen LogP contribution is -2.25. The van der Waals surface area contributed by atoms with Crippen molar-refractivity contribution in [2.45, 2.75) is 33.1 Å².